The fourth-order valence-electron chi connectivity index (χ4n) is 1.29. The Balaban J connectivity index is 2.71. The van der Waals surface area contributed by atoms with Gasteiger partial charge in [0.1, 0.15) is 0 Å². The van der Waals surface area contributed by atoms with Gasteiger partial charge in [-0.1, -0.05) is 12.1 Å². The molecule has 3 nitrogen and oxygen atoms in total. The summed E-state index contributed by atoms with van der Waals surface area (Å²) in [6.45, 7) is 3.68. The molecule has 0 amide bonds. The Hall–Kier alpha value is -0.995. The van der Waals surface area contributed by atoms with Crippen molar-refractivity contribution in [2.24, 2.45) is 0 Å². The lowest BCUT2D eigenvalue weighted by Crippen LogP contribution is -2.32. The van der Waals surface area contributed by atoms with E-state index in [2.05, 4.69) is 5.23 Å². The zero-order chi connectivity index (χ0) is 9.84. The summed E-state index contributed by atoms with van der Waals surface area (Å²) in [7, 11) is -0.503. The molecule has 4 N–H and O–H groups in total. The third-order valence-electron chi connectivity index (χ3n) is 1.90. The van der Waals surface area contributed by atoms with Crippen LogP contribution in [0.1, 0.15) is 18.5 Å². The van der Waals surface area contributed by atoms with Crippen molar-refractivity contribution in [1.29, 1.82) is 0 Å². The van der Waals surface area contributed by atoms with Gasteiger partial charge >= 0.3 is 7.05 Å². The van der Waals surface area contributed by atoms with E-state index >= 15 is 0 Å². The molecule has 1 rings (SSSR count). The number of anilines is 1. The van der Waals surface area contributed by atoms with Crippen molar-refractivity contribution < 1.29 is 5.02 Å². The normalized spacial score (nSPS) is 12.5. The molecule has 0 radical (unpaired) electrons. The van der Waals surface area contributed by atoms with Gasteiger partial charge in [-0.25, -0.2) is 0 Å². The first-order valence-corrected chi connectivity index (χ1v) is 4.39. The molecule has 0 aromatic heterocycles. The lowest BCUT2D eigenvalue weighted by molar-refractivity contribution is 0.534. The van der Waals surface area contributed by atoms with Crippen LogP contribution < -0.4 is 11.0 Å². The van der Waals surface area contributed by atoms with Crippen molar-refractivity contribution in [1.82, 2.24) is 5.23 Å². The van der Waals surface area contributed by atoms with Crippen LogP contribution in [0.4, 0.5) is 5.69 Å². The minimum Gasteiger partial charge on any atom is -0.437 e. The van der Waals surface area contributed by atoms with E-state index < -0.39 is 7.05 Å². The summed E-state index contributed by atoms with van der Waals surface area (Å²) >= 11 is 0. The van der Waals surface area contributed by atoms with E-state index in [0.717, 1.165) is 11.3 Å². The molecule has 0 aliphatic heterocycles. The van der Waals surface area contributed by atoms with Gasteiger partial charge in [0.15, 0.2) is 0 Å². The number of nitrogen functional groups attached to an aromatic ring is 1. The van der Waals surface area contributed by atoms with E-state index in [0.29, 0.717) is 0 Å². The Bertz CT molecular complexity index is 278. The molecule has 0 aliphatic rings. The standard InChI is InChI=1S/C9H15BN2O/c1-7(12-10(2)13)8-4-3-5-9(11)6-8/h3-7,12-13H,11H2,1-2H3. The molecule has 1 aromatic carbocycles. The summed E-state index contributed by atoms with van der Waals surface area (Å²) in [5, 5.41) is 12.1. The van der Waals surface area contributed by atoms with Crippen molar-refractivity contribution >= 4 is 12.7 Å². The van der Waals surface area contributed by atoms with E-state index in [1.807, 2.05) is 31.2 Å². The molecule has 70 valence electrons. The second kappa shape index (κ2) is 4.30. The Morgan fingerprint density at radius 2 is 2.23 bits per heavy atom. The molecular formula is C9H15BN2O. The van der Waals surface area contributed by atoms with Crippen LogP contribution in [0.5, 0.6) is 0 Å². The van der Waals surface area contributed by atoms with Gasteiger partial charge in [0.05, 0.1) is 0 Å². The summed E-state index contributed by atoms with van der Waals surface area (Å²) in [4.78, 5) is 0. The van der Waals surface area contributed by atoms with Crippen LogP contribution in [0, 0.1) is 0 Å². The van der Waals surface area contributed by atoms with Gasteiger partial charge in [-0.05, 0) is 31.4 Å². The monoisotopic (exact) mass is 178 g/mol. The summed E-state index contributed by atoms with van der Waals surface area (Å²) < 4.78 is 0. The van der Waals surface area contributed by atoms with Gasteiger partial charge < -0.3 is 16.0 Å². The summed E-state index contributed by atoms with van der Waals surface area (Å²) in [6.07, 6.45) is 0. The molecule has 4 heteroatoms. The van der Waals surface area contributed by atoms with Gasteiger partial charge in [-0.15, -0.1) is 0 Å². The second-order valence-electron chi connectivity index (χ2n) is 3.23. The molecule has 0 saturated carbocycles. The van der Waals surface area contributed by atoms with Gasteiger partial charge in [0, 0.05) is 11.7 Å². The lowest BCUT2D eigenvalue weighted by Gasteiger charge is -2.14. The minimum atomic E-state index is -0.503. The first-order chi connectivity index (χ1) is 6.09. The molecule has 13 heavy (non-hydrogen) atoms. The SMILES string of the molecule is CB(O)NC(C)c1cccc(N)c1. The average molecular weight is 178 g/mol. The molecule has 0 fully saturated rings. The van der Waals surface area contributed by atoms with Crippen molar-refractivity contribution in [3.63, 3.8) is 0 Å². The Labute approximate surface area is 79.1 Å². The largest absolute Gasteiger partial charge is 0.437 e. The number of hydrogen-bond donors (Lipinski definition) is 3. The molecule has 1 aromatic rings. The van der Waals surface area contributed by atoms with E-state index in [1.165, 1.54) is 0 Å². The molecular weight excluding hydrogens is 163 g/mol. The molecule has 0 aliphatic carbocycles. The van der Waals surface area contributed by atoms with Crippen molar-refractivity contribution in [3.8, 4) is 0 Å². The zero-order valence-electron chi connectivity index (χ0n) is 7.99. The van der Waals surface area contributed by atoms with Crippen LogP contribution in [-0.4, -0.2) is 12.1 Å². The highest BCUT2D eigenvalue weighted by Gasteiger charge is 2.09. The molecule has 1 atom stereocenters. The fourth-order valence-corrected chi connectivity index (χ4v) is 1.29. The fraction of sp³-hybridized carbons (Fsp3) is 0.333. The van der Waals surface area contributed by atoms with Gasteiger partial charge in [0.25, 0.3) is 0 Å². The minimum absolute atomic E-state index is 0.114. The van der Waals surface area contributed by atoms with Crippen molar-refractivity contribution in [2.75, 3.05) is 5.73 Å². The predicted octanol–water partition coefficient (Wildman–Crippen LogP) is 1.03. The maximum absolute atomic E-state index is 9.11. The van der Waals surface area contributed by atoms with Crippen molar-refractivity contribution in [3.05, 3.63) is 29.8 Å². The van der Waals surface area contributed by atoms with E-state index in [-0.39, 0.29) is 6.04 Å². The smallest absolute Gasteiger partial charge is 0.374 e. The van der Waals surface area contributed by atoms with E-state index in [9.17, 15) is 0 Å². The number of hydrogen-bond acceptors (Lipinski definition) is 3. The highest BCUT2D eigenvalue weighted by molar-refractivity contribution is 6.45. The molecule has 0 spiro atoms. The van der Waals surface area contributed by atoms with E-state index in [1.54, 1.807) is 6.82 Å². The summed E-state index contributed by atoms with van der Waals surface area (Å²) in [5.74, 6) is 0. The summed E-state index contributed by atoms with van der Waals surface area (Å²) in [6, 6.07) is 7.75. The van der Waals surface area contributed by atoms with Crippen LogP contribution in [0.15, 0.2) is 24.3 Å². The topological polar surface area (TPSA) is 58.3 Å². The van der Waals surface area contributed by atoms with Crippen LogP contribution in [0.25, 0.3) is 0 Å². The number of nitrogens with two attached hydrogens (primary N) is 1. The molecule has 0 bridgehead atoms. The summed E-state index contributed by atoms with van der Waals surface area (Å²) in [5.41, 5.74) is 7.47. The van der Waals surface area contributed by atoms with Gasteiger partial charge in [0.2, 0.25) is 0 Å². The Morgan fingerprint density at radius 1 is 1.54 bits per heavy atom. The van der Waals surface area contributed by atoms with Crippen LogP contribution in [0.2, 0.25) is 6.82 Å². The number of nitrogens with one attached hydrogen (secondary N) is 1. The Morgan fingerprint density at radius 3 is 2.77 bits per heavy atom. The quantitative estimate of drug-likeness (QED) is 0.478. The van der Waals surface area contributed by atoms with Crippen molar-refractivity contribution in [2.45, 2.75) is 19.8 Å². The lowest BCUT2D eigenvalue weighted by atomic mass is 9.86. The van der Waals surface area contributed by atoms with Crippen LogP contribution in [-0.2, 0) is 0 Å². The predicted molar refractivity (Wildman–Crippen MR) is 56.2 cm³/mol. The van der Waals surface area contributed by atoms with E-state index in [4.69, 9.17) is 10.8 Å². The van der Waals surface area contributed by atoms with Crippen LogP contribution >= 0.6 is 0 Å². The maximum atomic E-state index is 9.11. The average Bonchev–Trinajstić information content (AvgIpc) is 2.03. The first-order valence-electron chi connectivity index (χ1n) is 4.39. The number of rotatable bonds is 3. The highest BCUT2D eigenvalue weighted by Crippen LogP contribution is 2.14. The number of benzene rings is 1. The van der Waals surface area contributed by atoms with Gasteiger partial charge in [-0.3, -0.25) is 0 Å². The van der Waals surface area contributed by atoms with Gasteiger partial charge in [-0.2, -0.15) is 0 Å². The first kappa shape index (κ1) is 10.1. The third kappa shape index (κ3) is 3.09. The second-order valence-corrected chi connectivity index (χ2v) is 3.23. The molecule has 0 saturated heterocycles. The molecule has 0 heterocycles. The van der Waals surface area contributed by atoms with Crippen LogP contribution in [0.3, 0.4) is 0 Å². The third-order valence-corrected chi connectivity index (χ3v) is 1.90. The molecule has 1 unspecified atom stereocenters. The maximum Gasteiger partial charge on any atom is 0.374 e. The Kier molecular flexibility index (Phi) is 3.34. The zero-order valence-corrected chi connectivity index (χ0v) is 7.99. The highest BCUT2D eigenvalue weighted by atomic mass is 16.2.